The van der Waals surface area contributed by atoms with Gasteiger partial charge >= 0.3 is 59.8 Å². The Morgan fingerprint density at radius 2 is 0.795 bits per heavy atom. The second kappa shape index (κ2) is 53.8. The first-order valence-corrected chi connectivity index (χ1v) is 42.9. The molecule has 3 aromatic heterocycles. The normalized spacial score (nSPS) is 17.0. The highest BCUT2D eigenvalue weighted by atomic mass is 16.4. The maximum Gasteiger partial charge on any atom is 0.326 e. The number of nitrogens with one attached hydrogen (secondary N) is 14. The van der Waals surface area contributed by atoms with Gasteiger partial charge < -0.3 is 119 Å². The van der Waals surface area contributed by atoms with E-state index in [1.165, 1.54) is 57.2 Å². The highest BCUT2D eigenvalue weighted by molar-refractivity contribution is 5.98. The molecule has 720 valence electrons. The molecule has 0 radical (unpaired) electrons. The molecule has 2 aliphatic rings. The zero-order valence-electron chi connectivity index (χ0n) is 72.5. The lowest BCUT2D eigenvalue weighted by atomic mass is 9.81. The predicted octanol–water partition coefficient (Wildman–Crippen LogP) is -3.42. The summed E-state index contributed by atoms with van der Waals surface area (Å²) in [7, 11) is 0. The van der Waals surface area contributed by atoms with Crippen LogP contribution in [0.4, 0.5) is 4.79 Å². The van der Waals surface area contributed by atoms with E-state index in [0.717, 1.165) is 10.8 Å². The minimum absolute atomic E-state index is 0.00691. The molecule has 23 N–H and O–H groups in total. The topological polar surface area (TPSA) is 738 Å². The van der Waals surface area contributed by atoms with Crippen molar-refractivity contribution in [1.82, 2.24) is 108 Å². The second-order valence-corrected chi connectivity index (χ2v) is 32.3. The fourth-order valence-electron chi connectivity index (χ4n) is 15.0. The summed E-state index contributed by atoms with van der Waals surface area (Å²) in [6.45, 7) is -0.209. The fourth-order valence-corrected chi connectivity index (χ4v) is 15.0. The van der Waals surface area contributed by atoms with Crippen molar-refractivity contribution in [3.63, 3.8) is 0 Å². The standard InChI is InChI=1S/C83H115N21O28/c1-47(63-39-86-46-91-63)72(80(127)88-36-48-9-13-51(14-10-48)73(120)95-60(33-49-11-12-50-6-2-3-7-52(50)32-49)74(121)87-23-5-4-8-58(81(128)129)98-83(132)99-59(82(130)131)18-22-68(112)113)100-77(124)57(17-21-67(110)111)94-79(126)62(35-54-38-85-45-90-54)97-76(123)56(16-20-66(108)109)93-78(125)61(34-53-37-84-44-89-53)96-75(122)55(15-19-65(106)107)92-64(105)40-101-24-26-102(41-69(114)115)28-30-104(43-71(118)119)31-29-103(27-25-101)42-70(116)117/h2-3,6-7,11-12,32,37-39,44-48,51,55-62,72H,4-5,8-10,13-31,33-36,40-43H2,1H3,(H,84,89)(H,85,90)(H,86,91)(H,87,121)(H,88,127)(H,92,105)(H,93,125)(H,94,126)(H,95,120)(H,96,122)(H,97,123)(H,100,124)(H,106,107)(H,108,109)(H,110,111)(H,112,113)(H,114,115)(H,116,117)(H,118,119)(H,128,129)(H,130,131)(H2,98,99,132)/t47-,48?,51?,55+,56+,57+,58+,59+,60?,61+,62+,72+/m1/s1. The third kappa shape index (κ3) is 37.5. The molecule has 7 rings (SSSR count). The van der Waals surface area contributed by atoms with Gasteiger partial charge in [0, 0.05) is 141 Å². The van der Waals surface area contributed by atoms with Gasteiger partial charge in [-0.05, 0) is 92.9 Å². The van der Waals surface area contributed by atoms with Crippen LogP contribution in [-0.2, 0) is 106 Å². The third-order valence-corrected chi connectivity index (χ3v) is 22.2. The molecule has 2 fully saturated rings. The highest BCUT2D eigenvalue weighted by Crippen LogP contribution is 2.30. The molecule has 11 amide bonds. The number of carboxylic acid groups (broad SMARTS) is 9. The molecule has 1 aliphatic heterocycles. The molecule has 1 saturated heterocycles. The van der Waals surface area contributed by atoms with Gasteiger partial charge in [0.2, 0.25) is 53.2 Å². The summed E-state index contributed by atoms with van der Waals surface area (Å²) in [4.78, 5) is 277. The zero-order chi connectivity index (χ0) is 96.5. The number of imidazole rings is 3. The highest BCUT2D eigenvalue weighted by Gasteiger charge is 2.39. The smallest absolute Gasteiger partial charge is 0.326 e. The van der Waals surface area contributed by atoms with Crippen LogP contribution in [0.25, 0.3) is 10.8 Å². The maximum absolute atomic E-state index is 14.8. The Labute approximate surface area is 754 Å². The number of fused-ring (bicyclic) bond motifs is 1. The van der Waals surface area contributed by atoms with Gasteiger partial charge in [-0.2, -0.15) is 0 Å². The van der Waals surface area contributed by atoms with Gasteiger partial charge in [-0.1, -0.05) is 49.4 Å². The van der Waals surface area contributed by atoms with Crippen molar-refractivity contribution in [2.45, 2.75) is 183 Å². The first-order valence-electron chi connectivity index (χ1n) is 42.9. The van der Waals surface area contributed by atoms with E-state index in [1.54, 1.807) is 6.92 Å². The minimum atomic E-state index is -1.90. The van der Waals surface area contributed by atoms with Gasteiger partial charge in [-0.15, -0.1) is 0 Å². The Morgan fingerprint density at radius 3 is 1.23 bits per heavy atom. The van der Waals surface area contributed by atoms with E-state index in [4.69, 9.17) is 5.11 Å². The Kier molecular flexibility index (Phi) is 42.7. The number of unbranched alkanes of at least 4 members (excludes halogenated alkanes) is 1. The molecule has 0 bridgehead atoms. The van der Waals surface area contributed by atoms with Crippen molar-refractivity contribution in [3.05, 3.63) is 103 Å². The van der Waals surface area contributed by atoms with Gasteiger partial charge in [-0.3, -0.25) is 96.3 Å². The van der Waals surface area contributed by atoms with Crippen molar-refractivity contribution < 1.29 is 137 Å². The molecular formula is C83H115N21O28. The number of benzene rings is 2. The van der Waals surface area contributed by atoms with Gasteiger partial charge in [0.15, 0.2) is 0 Å². The number of hydrogen-bond donors (Lipinski definition) is 23. The van der Waals surface area contributed by atoms with Crippen molar-refractivity contribution in [2.24, 2.45) is 11.8 Å². The van der Waals surface area contributed by atoms with Crippen molar-refractivity contribution >= 4 is 124 Å². The molecule has 1 unspecified atom stereocenters. The van der Waals surface area contributed by atoms with Crippen LogP contribution < -0.4 is 58.5 Å². The van der Waals surface area contributed by atoms with Crippen LogP contribution in [0.15, 0.2) is 80.0 Å². The SMILES string of the molecule is C[C@H](c1c[nH]cn1)[C@H](NC(=O)[C@H](CCC(=O)O)NC(=O)[C@H](Cc1c[nH]cn1)NC(=O)[C@H](CCC(=O)O)NC(=O)[C@H](Cc1c[nH]cn1)NC(=O)[C@H](CCC(=O)O)NC(=O)CN1CCN(CC(=O)O)CCN(CC(=O)O)CCN(CC(=O)O)CC1)C(=O)NCC1CCC(C(=O)NC(Cc2ccc3ccccc3c2)C(=O)NCCCC[C@H](NC(=O)N[C@@H](CCC(=O)O)C(=O)O)C(=O)O)CC1. The maximum atomic E-state index is 14.8. The van der Waals surface area contributed by atoms with Crippen LogP contribution >= 0.6 is 0 Å². The summed E-state index contributed by atoms with van der Waals surface area (Å²) in [6, 6.07) is -2.80. The molecule has 0 spiro atoms. The van der Waals surface area contributed by atoms with Gasteiger partial charge in [0.25, 0.3) is 0 Å². The number of carbonyl (C=O) groups is 19. The summed E-state index contributed by atoms with van der Waals surface area (Å²) < 4.78 is 0. The Hall–Kier alpha value is -14.1. The predicted molar refractivity (Wildman–Crippen MR) is 459 cm³/mol. The molecule has 49 heteroatoms. The molecule has 1 saturated carbocycles. The van der Waals surface area contributed by atoms with Crippen molar-refractivity contribution in [2.75, 3.05) is 91.6 Å². The van der Waals surface area contributed by atoms with Crippen LogP contribution in [0.1, 0.15) is 132 Å². The van der Waals surface area contributed by atoms with E-state index in [2.05, 4.69) is 88.4 Å². The molecule has 49 nitrogen and oxygen atoms in total. The van der Waals surface area contributed by atoms with Crippen LogP contribution in [0, 0.1) is 11.8 Å². The van der Waals surface area contributed by atoms with Gasteiger partial charge in [-0.25, -0.2) is 29.3 Å². The first kappa shape index (κ1) is 105. The van der Waals surface area contributed by atoms with Crippen LogP contribution in [0.3, 0.4) is 0 Å². The Morgan fingerprint density at radius 1 is 0.386 bits per heavy atom. The van der Waals surface area contributed by atoms with Crippen molar-refractivity contribution in [3.8, 4) is 0 Å². The Balaban J connectivity index is 1.02. The monoisotopic (exact) mass is 1850 g/mol. The minimum Gasteiger partial charge on any atom is -0.481 e. The number of rotatable bonds is 54. The van der Waals surface area contributed by atoms with Crippen LogP contribution in [-0.4, -0.2) is 354 Å². The molecule has 4 heterocycles. The number of aromatic amines is 3. The molecule has 5 aromatic rings. The van der Waals surface area contributed by atoms with Gasteiger partial charge in [0.05, 0.1) is 62.2 Å². The van der Waals surface area contributed by atoms with E-state index < -0.39 is 270 Å². The lowest BCUT2D eigenvalue weighted by Crippen LogP contribution is -2.60. The molecule has 2 aromatic carbocycles. The summed E-state index contributed by atoms with van der Waals surface area (Å²) >= 11 is 0. The van der Waals surface area contributed by atoms with E-state index in [1.807, 2.05) is 42.5 Å². The number of nitrogens with zero attached hydrogens (tertiary/aromatic N) is 7. The number of amides is 11. The van der Waals surface area contributed by atoms with E-state index in [-0.39, 0.29) is 114 Å². The number of aliphatic carboxylic acids is 9. The first-order chi connectivity index (χ1) is 62.8. The largest absolute Gasteiger partial charge is 0.481 e. The fraction of sp³-hybridized carbons (Fsp3) is 0.542. The van der Waals surface area contributed by atoms with Gasteiger partial charge in [0.1, 0.15) is 54.4 Å². The average molecular weight is 1850 g/mol. The number of hydrogen-bond acceptors (Lipinski definition) is 26. The molecular weight excluding hydrogens is 1740 g/mol. The number of carboxylic acids is 9. The Bertz CT molecular complexity index is 4730. The third-order valence-electron chi connectivity index (χ3n) is 22.2. The zero-order valence-corrected chi connectivity index (χ0v) is 72.5. The van der Waals surface area contributed by atoms with E-state index in [0.29, 0.717) is 31.2 Å². The summed E-state index contributed by atoms with van der Waals surface area (Å²) in [5.74, 6) is -22.5. The summed E-state index contributed by atoms with van der Waals surface area (Å²) in [5, 5.41) is 117. The van der Waals surface area contributed by atoms with Crippen LogP contribution in [0.2, 0.25) is 0 Å². The molecule has 10 atom stereocenters. The van der Waals surface area contributed by atoms with Crippen LogP contribution in [0.5, 0.6) is 0 Å². The quantitative estimate of drug-likeness (QED) is 0.0169. The number of carbonyl (C=O) groups excluding carboxylic acids is 10. The average Bonchev–Trinajstić information content (AvgIpc) is 1.38. The number of urea groups is 1. The summed E-state index contributed by atoms with van der Waals surface area (Å²) in [6.07, 6.45) is 3.22. The number of H-pyrrole nitrogens is 3. The van der Waals surface area contributed by atoms with E-state index >= 15 is 0 Å². The number of aromatic nitrogens is 6. The second-order valence-electron chi connectivity index (χ2n) is 32.3. The lowest BCUT2D eigenvalue weighted by molar-refractivity contribution is -0.141. The van der Waals surface area contributed by atoms with E-state index in [9.17, 15) is 132 Å². The molecule has 132 heavy (non-hydrogen) atoms. The summed E-state index contributed by atoms with van der Waals surface area (Å²) in [5.41, 5.74) is 1.20. The molecule has 1 aliphatic carbocycles. The lowest BCUT2D eigenvalue weighted by Gasteiger charge is -2.33. The van der Waals surface area contributed by atoms with Crippen molar-refractivity contribution in [1.29, 1.82) is 0 Å².